The van der Waals surface area contributed by atoms with Crippen molar-refractivity contribution in [1.29, 1.82) is 0 Å². The highest BCUT2D eigenvalue weighted by Crippen LogP contribution is 2.37. The van der Waals surface area contributed by atoms with E-state index in [2.05, 4.69) is 0 Å². The number of hydrogen-bond donors (Lipinski definition) is 2. The quantitative estimate of drug-likeness (QED) is 0.266. The number of aliphatic hydroxyl groups excluding tert-OH is 2. The molecule has 4 heterocycles. The zero-order chi connectivity index (χ0) is 36.9. The number of carbonyl (C=O) groups is 2. The molecule has 0 radical (unpaired) electrons. The van der Waals surface area contributed by atoms with E-state index in [-0.39, 0.29) is 54.5 Å². The maximum Gasteiger partial charge on any atom is 0.330 e. The fourth-order valence-electron chi connectivity index (χ4n) is 7.64. The van der Waals surface area contributed by atoms with E-state index in [1.54, 1.807) is 25.2 Å². The van der Waals surface area contributed by atoms with Gasteiger partial charge in [0.25, 0.3) is 0 Å². The van der Waals surface area contributed by atoms with E-state index < -0.39 is 67.2 Å². The van der Waals surface area contributed by atoms with Crippen LogP contribution in [-0.2, 0) is 47.5 Å². The summed E-state index contributed by atoms with van der Waals surface area (Å²) < 4.78 is 48.1. The average Bonchev–Trinajstić information content (AvgIpc) is 3.85. The number of allylic oxidation sites excluding steroid dienone is 1. The van der Waals surface area contributed by atoms with Crippen molar-refractivity contribution in [2.24, 2.45) is 23.7 Å². The van der Waals surface area contributed by atoms with Crippen molar-refractivity contribution in [1.82, 2.24) is 4.90 Å². The van der Waals surface area contributed by atoms with Gasteiger partial charge in [-0.1, -0.05) is 33.8 Å². The van der Waals surface area contributed by atoms with E-state index in [1.807, 2.05) is 53.6 Å². The van der Waals surface area contributed by atoms with Crippen LogP contribution in [0.4, 0.5) is 0 Å². The van der Waals surface area contributed by atoms with Crippen molar-refractivity contribution in [3.63, 3.8) is 0 Å². The molecule has 3 fully saturated rings. The number of epoxide rings is 1. The Labute approximate surface area is 297 Å². The van der Waals surface area contributed by atoms with Crippen molar-refractivity contribution in [3.05, 3.63) is 24.3 Å². The van der Waals surface area contributed by atoms with Crippen molar-refractivity contribution >= 4 is 11.8 Å². The number of ketones is 1. The summed E-state index contributed by atoms with van der Waals surface area (Å²) in [6, 6.07) is -0.144. The molecule has 50 heavy (non-hydrogen) atoms. The number of methoxy groups -OCH3 is 2. The molecule has 3 saturated heterocycles. The smallest absolute Gasteiger partial charge is 0.330 e. The van der Waals surface area contributed by atoms with E-state index in [9.17, 15) is 19.8 Å². The lowest BCUT2D eigenvalue weighted by molar-refractivity contribution is -0.305. The minimum atomic E-state index is -0.904. The lowest BCUT2D eigenvalue weighted by atomic mass is 9.84. The Morgan fingerprint density at radius 1 is 0.860 bits per heavy atom. The van der Waals surface area contributed by atoms with E-state index in [0.717, 1.165) is 0 Å². The summed E-state index contributed by atoms with van der Waals surface area (Å²) in [5.74, 6) is -1.66. The molecule has 0 spiro atoms. The topological polar surface area (TPSA) is 155 Å². The fraction of sp³-hybridized carbons (Fsp3) is 0.838. The van der Waals surface area contributed by atoms with Crippen molar-refractivity contribution in [2.45, 2.75) is 140 Å². The molecular formula is C37H61NO12. The maximum absolute atomic E-state index is 13.4. The summed E-state index contributed by atoms with van der Waals surface area (Å²) in [7, 11) is 6.85. The molecule has 13 nitrogen and oxygen atoms in total. The Morgan fingerprint density at radius 3 is 2.20 bits per heavy atom. The van der Waals surface area contributed by atoms with Gasteiger partial charge in [-0.05, 0) is 65.3 Å². The second-order valence-corrected chi connectivity index (χ2v) is 14.8. The highest BCUT2D eigenvalue weighted by molar-refractivity contribution is 5.91. The molecule has 4 aliphatic heterocycles. The van der Waals surface area contributed by atoms with Gasteiger partial charge in [-0.25, -0.2) is 4.79 Å². The molecule has 286 valence electrons. The molecule has 2 unspecified atom stereocenters. The third kappa shape index (κ3) is 10.00. The molecule has 0 bridgehead atoms. The first kappa shape index (κ1) is 41.0. The van der Waals surface area contributed by atoms with E-state index in [0.29, 0.717) is 19.3 Å². The molecule has 0 aromatic rings. The standard InChI is InChI=1S/C37H61NO12/c1-11-27-24(18-45-37-35(44-10)34(43-9)30(41)23(6)47-37)33-28(49-33)14-13-26(39)20(3)16-21(4)32(19(2)12-15-29(40)48-27)50-36-31(42)25(38(7)8)17-22(5)46-36/h12-15,19-25,27-28,30-37,41-42H,11,16-18H2,1-10H3/b14-13+,15-12+/t19-,20+,21-,22+,23+,24+,25-,27?,28-,30+,31+,32?,33-,34+,35+,36-,37+/m0/s1. The first-order chi connectivity index (χ1) is 23.7. The number of nitrogens with zero attached hydrogens (tertiary/aromatic N) is 1. The largest absolute Gasteiger partial charge is 0.459 e. The summed E-state index contributed by atoms with van der Waals surface area (Å²) in [6.07, 6.45) is 0.848. The van der Waals surface area contributed by atoms with Crippen molar-refractivity contribution in [3.8, 4) is 0 Å². The zero-order valence-electron chi connectivity index (χ0n) is 31.4. The van der Waals surface area contributed by atoms with Gasteiger partial charge in [0.1, 0.15) is 36.6 Å². The Kier molecular flexibility index (Phi) is 15.0. The lowest BCUT2D eigenvalue weighted by Gasteiger charge is -2.43. The van der Waals surface area contributed by atoms with Crippen molar-refractivity contribution in [2.75, 3.05) is 34.9 Å². The molecule has 4 rings (SSSR count). The number of esters is 1. The van der Waals surface area contributed by atoms with Crippen LogP contribution in [0.25, 0.3) is 0 Å². The zero-order valence-corrected chi connectivity index (χ0v) is 31.4. The van der Waals surface area contributed by atoms with Gasteiger partial charge in [-0.15, -0.1) is 0 Å². The lowest BCUT2D eigenvalue weighted by Crippen LogP contribution is -2.59. The van der Waals surface area contributed by atoms with Crippen LogP contribution < -0.4 is 0 Å². The van der Waals surface area contributed by atoms with E-state index in [1.165, 1.54) is 20.3 Å². The predicted molar refractivity (Wildman–Crippen MR) is 183 cm³/mol. The monoisotopic (exact) mass is 711 g/mol. The summed E-state index contributed by atoms with van der Waals surface area (Å²) >= 11 is 0. The Morgan fingerprint density at radius 2 is 1.56 bits per heavy atom. The van der Waals surface area contributed by atoms with Crippen LogP contribution in [0.3, 0.4) is 0 Å². The van der Waals surface area contributed by atoms with Crippen LogP contribution in [-0.4, -0.2) is 141 Å². The van der Waals surface area contributed by atoms with Gasteiger partial charge < -0.3 is 53.0 Å². The minimum Gasteiger partial charge on any atom is -0.459 e. The molecule has 0 aromatic heterocycles. The van der Waals surface area contributed by atoms with E-state index in [4.69, 9.17) is 37.9 Å². The van der Waals surface area contributed by atoms with Gasteiger partial charge in [0.2, 0.25) is 0 Å². The van der Waals surface area contributed by atoms with Gasteiger partial charge in [-0.3, -0.25) is 4.79 Å². The number of ether oxygens (including phenoxy) is 8. The number of fused-ring (bicyclic) bond motifs is 1. The van der Waals surface area contributed by atoms with Gasteiger partial charge in [0, 0.05) is 44.1 Å². The number of aliphatic hydroxyl groups is 2. The van der Waals surface area contributed by atoms with Crippen molar-refractivity contribution < 1.29 is 57.7 Å². The summed E-state index contributed by atoms with van der Waals surface area (Å²) in [5.41, 5.74) is 0. The molecule has 2 N–H and O–H groups in total. The molecule has 17 atom stereocenters. The normalized spacial score (nSPS) is 46.2. The average molecular weight is 712 g/mol. The Balaban J connectivity index is 1.56. The third-order valence-corrected chi connectivity index (χ3v) is 10.7. The number of hydrogen-bond acceptors (Lipinski definition) is 13. The second kappa shape index (κ2) is 18.3. The highest BCUT2D eigenvalue weighted by atomic mass is 16.7. The van der Waals surface area contributed by atoms with Gasteiger partial charge in [0.15, 0.2) is 18.4 Å². The second-order valence-electron chi connectivity index (χ2n) is 14.8. The van der Waals surface area contributed by atoms with Crippen LogP contribution in [0.1, 0.15) is 60.8 Å². The number of rotatable bonds is 9. The summed E-state index contributed by atoms with van der Waals surface area (Å²) in [5, 5.41) is 21.8. The minimum absolute atomic E-state index is 0.0293. The van der Waals surface area contributed by atoms with Gasteiger partial charge in [-0.2, -0.15) is 0 Å². The fourth-order valence-corrected chi connectivity index (χ4v) is 7.64. The number of likely N-dealkylation sites (N-methyl/N-ethyl adjacent to an activating group) is 1. The summed E-state index contributed by atoms with van der Waals surface area (Å²) in [6.45, 7) is 11.6. The van der Waals surface area contributed by atoms with Gasteiger partial charge >= 0.3 is 5.97 Å². The van der Waals surface area contributed by atoms with Crippen LogP contribution in [0.2, 0.25) is 0 Å². The molecule has 0 saturated carbocycles. The Bertz CT molecular complexity index is 1170. The molecule has 13 heteroatoms. The SMILES string of the molecule is CCC1OC(=O)/C=C/[C@H](C)C(O[C@@H]2O[C@H](C)C[C@H](N(C)C)[C@H]2O)[C@@H](C)C[C@@H](C)C(=O)/C=C/[C@@H]2O[C@H]2[C@@H]1CO[C@@H]1O[C@H](C)[C@@H](O)[C@@H](OC)[C@H]1OC. The van der Waals surface area contributed by atoms with Crippen LogP contribution in [0, 0.1) is 23.7 Å². The maximum atomic E-state index is 13.4. The van der Waals surface area contributed by atoms with Gasteiger partial charge in [0.05, 0.1) is 31.0 Å². The molecular weight excluding hydrogens is 650 g/mol. The Hall–Kier alpha value is -1.78. The predicted octanol–water partition coefficient (Wildman–Crippen LogP) is 2.65. The first-order valence-corrected chi connectivity index (χ1v) is 18.1. The number of carbonyl (C=O) groups excluding carboxylic acids is 2. The van der Waals surface area contributed by atoms with Crippen LogP contribution in [0.5, 0.6) is 0 Å². The molecule has 0 aromatic carbocycles. The first-order valence-electron chi connectivity index (χ1n) is 18.1. The molecule has 4 aliphatic rings. The van der Waals surface area contributed by atoms with Crippen LogP contribution in [0.15, 0.2) is 24.3 Å². The van der Waals surface area contributed by atoms with Crippen LogP contribution >= 0.6 is 0 Å². The number of cyclic esters (lactones) is 1. The summed E-state index contributed by atoms with van der Waals surface area (Å²) in [4.78, 5) is 28.7. The third-order valence-electron chi connectivity index (χ3n) is 10.7. The molecule has 0 amide bonds. The molecule has 0 aliphatic carbocycles. The van der Waals surface area contributed by atoms with E-state index >= 15 is 0 Å². The highest BCUT2D eigenvalue weighted by Gasteiger charge is 2.50.